The van der Waals surface area contributed by atoms with Gasteiger partial charge in [-0.15, -0.1) is 0 Å². The standard InChI is InChI=1S/C61H36N4S/c1-2-14-39(15-3-1)63-53-23-11-8-20-45(53)47-29-26-37(32-57(47)63)38-27-31-56-59(33-38)66-60-36-51-44-19-7-5-17-42(44)41-16-4-6-18-43(41)50(51)35-58(60)64(56)40-28-30-48-49(34-40)46-21-9-12-24-54(46)65-55-25-13-10-22-52(55)62-61(48)65/h1-36H. The van der Waals surface area contributed by atoms with Crippen molar-refractivity contribution in [1.82, 2.24) is 14.0 Å². The van der Waals surface area contributed by atoms with E-state index in [0.29, 0.717) is 0 Å². The number of nitrogens with zero attached hydrogens (tertiary/aromatic N) is 4. The molecule has 1 aliphatic heterocycles. The fourth-order valence-electron chi connectivity index (χ4n) is 11.1. The lowest BCUT2D eigenvalue weighted by molar-refractivity contribution is 1.17. The summed E-state index contributed by atoms with van der Waals surface area (Å²) in [7, 11) is 0. The van der Waals surface area contributed by atoms with Crippen molar-refractivity contribution >= 4 is 121 Å². The van der Waals surface area contributed by atoms with Gasteiger partial charge in [0, 0.05) is 42.7 Å². The average Bonchev–Trinajstić information content (AvgIpc) is 3.94. The van der Waals surface area contributed by atoms with Gasteiger partial charge in [0.1, 0.15) is 5.65 Å². The largest absolute Gasteiger partial charge is 0.309 e. The van der Waals surface area contributed by atoms with Crippen LogP contribution in [0.5, 0.6) is 0 Å². The number of para-hydroxylation sites is 5. The Hall–Kier alpha value is -8.38. The van der Waals surface area contributed by atoms with E-state index < -0.39 is 0 Å². The van der Waals surface area contributed by atoms with Crippen LogP contribution in [0, 0.1) is 0 Å². The van der Waals surface area contributed by atoms with E-state index in [-0.39, 0.29) is 0 Å². The maximum atomic E-state index is 5.23. The molecule has 0 fully saturated rings. The molecule has 0 N–H and O–H groups in total. The average molecular weight is 857 g/mol. The fraction of sp³-hybridized carbons (Fsp3) is 0. The van der Waals surface area contributed by atoms with Crippen LogP contribution in [0.2, 0.25) is 0 Å². The van der Waals surface area contributed by atoms with Gasteiger partial charge in [0.05, 0.1) is 39.0 Å². The molecule has 0 aliphatic carbocycles. The Kier molecular flexibility index (Phi) is 7.40. The molecule has 0 saturated carbocycles. The molecule has 0 unspecified atom stereocenters. The minimum absolute atomic E-state index is 0.976. The predicted octanol–water partition coefficient (Wildman–Crippen LogP) is 17.0. The zero-order valence-corrected chi connectivity index (χ0v) is 36.3. The first-order valence-corrected chi connectivity index (χ1v) is 23.4. The van der Waals surface area contributed by atoms with Crippen molar-refractivity contribution in [3.8, 4) is 16.8 Å². The van der Waals surface area contributed by atoms with Crippen molar-refractivity contribution < 1.29 is 0 Å². The number of hydrogen-bond donors (Lipinski definition) is 0. The molecule has 0 spiro atoms. The Morgan fingerprint density at radius 1 is 0.318 bits per heavy atom. The summed E-state index contributed by atoms with van der Waals surface area (Å²) in [5.74, 6) is 0. The zero-order chi connectivity index (χ0) is 43.0. The SMILES string of the molecule is c1ccc(-n2c3ccccc3c3ccc(-c4ccc5c(c4)Sc4cc6c7ccccc7c7ccccc7c6cc4N5c4ccc5c(c4)c4ccccc4n4c6ccccc6nc54)cc32)cc1. The van der Waals surface area contributed by atoms with E-state index in [1.165, 1.54) is 91.5 Å². The summed E-state index contributed by atoms with van der Waals surface area (Å²) in [5, 5.41) is 13.7. The number of benzene rings is 11. The smallest absolute Gasteiger partial charge is 0.146 e. The van der Waals surface area contributed by atoms with Gasteiger partial charge in [0.2, 0.25) is 0 Å². The lowest BCUT2D eigenvalue weighted by Crippen LogP contribution is -2.15. The molecule has 0 atom stereocenters. The highest BCUT2D eigenvalue weighted by Gasteiger charge is 2.28. The van der Waals surface area contributed by atoms with Gasteiger partial charge < -0.3 is 9.47 Å². The number of pyridine rings is 1. The first kappa shape index (κ1) is 36.0. The highest BCUT2D eigenvalue weighted by Crippen LogP contribution is 2.55. The molecule has 4 heterocycles. The Labute approximate surface area is 383 Å². The van der Waals surface area contributed by atoms with Crippen molar-refractivity contribution in [3.63, 3.8) is 0 Å². The minimum Gasteiger partial charge on any atom is -0.309 e. The van der Waals surface area contributed by atoms with Crippen LogP contribution in [0.1, 0.15) is 0 Å². The van der Waals surface area contributed by atoms with Crippen LogP contribution in [0.4, 0.5) is 17.1 Å². The lowest BCUT2D eigenvalue weighted by atomic mass is 9.93. The summed E-state index contributed by atoms with van der Waals surface area (Å²) in [6.07, 6.45) is 0. The van der Waals surface area contributed by atoms with E-state index in [2.05, 4.69) is 232 Å². The molecule has 0 saturated heterocycles. The molecule has 14 aromatic rings. The molecule has 0 radical (unpaired) electrons. The number of anilines is 3. The second-order valence-electron chi connectivity index (χ2n) is 17.5. The highest BCUT2D eigenvalue weighted by molar-refractivity contribution is 7.99. The van der Waals surface area contributed by atoms with Gasteiger partial charge in [0.15, 0.2) is 0 Å². The number of aromatic nitrogens is 3. The molecular formula is C61H36N4S. The van der Waals surface area contributed by atoms with Crippen molar-refractivity contribution in [1.29, 1.82) is 0 Å². The highest BCUT2D eigenvalue weighted by atomic mass is 32.2. The second-order valence-corrected chi connectivity index (χ2v) is 18.6. The van der Waals surface area contributed by atoms with Gasteiger partial charge in [0.25, 0.3) is 0 Å². The molecule has 4 nitrogen and oxygen atoms in total. The van der Waals surface area contributed by atoms with Crippen molar-refractivity contribution in [3.05, 3.63) is 218 Å². The molecule has 11 aromatic carbocycles. The third-order valence-corrected chi connectivity index (χ3v) is 15.1. The van der Waals surface area contributed by atoms with Gasteiger partial charge in [-0.2, -0.15) is 0 Å². The molecule has 0 bridgehead atoms. The molecule has 15 rings (SSSR count). The summed E-state index contributed by atoms with van der Waals surface area (Å²) in [5.41, 5.74) is 13.6. The van der Waals surface area contributed by atoms with Crippen LogP contribution >= 0.6 is 11.8 Å². The van der Waals surface area contributed by atoms with Crippen molar-refractivity contribution in [2.75, 3.05) is 4.90 Å². The Morgan fingerprint density at radius 3 is 1.64 bits per heavy atom. The fourth-order valence-corrected chi connectivity index (χ4v) is 12.2. The Morgan fingerprint density at radius 2 is 0.864 bits per heavy atom. The molecule has 1 aliphatic rings. The number of hydrogen-bond acceptors (Lipinski definition) is 3. The quantitative estimate of drug-likeness (QED) is 0.166. The summed E-state index contributed by atoms with van der Waals surface area (Å²) in [6.45, 7) is 0. The van der Waals surface area contributed by atoms with E-state index in [0.717, 1.165) is 44.6 Å². The van der Waals surface area contributed by atoms with Gasteiger partial charge in [-0.1, -0.05) is 145 Å². The maximum Gasteiger partial charge on any atom is 0.146 e. The summed E-state index contributed by atoms with van der Waals surface area (Å²) < 4.78 is 4.73. The molecule has 5 heteroatoms. The molecule has 3 aromatic heterocycles. The van der Waals surface area contributed by atoms with Crippen molar-refractivity contribution in [2.45, 2.75) is 9.79 Å². The number of rotatable bonds is 3. The second kappa shape index (κ2) is 13.6. The van der Waals surface area contributed by atoms with E-state index in [4.69, 9.17) is 4.98 Å². The third kappa shape index (κ3) is 5.03. The monoisotopic (exact) mass is 856 g/mol. The summed E-state index contributed by atoms with van der Waals surface area (Å²) in [6, 6.07) is 80.4. The number of fused-ring (bicyclic) bond motifs is 19. The van der Waals surface area contributed by atoms with Gasteiger partial charge >= 0.3 is 0 Å². The topological polar surface area (TPSA) is 25.5 Å². The third-order valence-electron chi connectivity index (χ3n) is 14.0. The lowest BCUT2D eigenvalue weighted by Gasteiger charge is -2.34. The normalized spacial score (nSPS) is 12.8. The molecule has 66 heavy (non-hydrogen) atoms. The van der Waals surface area contributed by atoms with E-state index >= 15 is 0 Å². The van der Waals surface area contributed by atoms with Crippen LogP contribution in [-0.4, -0.2) is 14.0 Å². The van der Waals surface area contributed by atoms with Gasteiger partial charge in [-0.25, -0.2) is 4.98 Å². The molecule has 306 valence electrons. The number of imidazole rings is 1. The summed E-state index contributed by atoms with van der Waals surface area (Å²) in [4.78, 5) is 10.2. The van der Waals surface area contributed by atoms with Crippen molar-refractivity contribution in [2.24, 2.45) is 0 Å². The van der Waals surface area contributed by atoms with E-state index in [1.807, 2.05) is 11.8 Å². The minimum atomic E-state index is 0.976. The van der Waals surface area contributed by atoms with Crippen LogP contribution in [-0.2, 0) is 0 Å². The molecular weight excluding hydrogens is 821 g/mol. The maximum absolute atomic E-state index is 5.23. The summed E-state index contributed by atoms with van der Waals surface area (Å²) >= 11 is 1.88. The molecule has 0 amide bonds. The van der Waals surface area contributed by atoms with Crippen LogP contribution in [0.25, 0.3) is 109 Å². The first-order chi connectivity index (χ1) is 32.7. The zero-order valence-electron chi connectivity index (χ0n) is 35.5. The van der Waals surface area contributed by atoms with Gasteiger partial charge in [-0.05, 0) is 134 Å². The van der Waals surface area contributed by atoms with E-state index in [1.54, 1.807) is 0 Å². The van der Waals surface area contributed by atoms with Gasteiger partial charge in [-0.3, -0.25) is 4.40 Å². The van der Waals surface area contributed by atoms with Crippen LogP contribution in [0.15, 0.2) is 228 Å². The van der Waals surface area contributed by atoms with E-state index in [9.17, 15) is 0 Å². The Bertz CT molecular complexity index is 4390. The predicted molar refractivity (Wildman–Crippen MR) is 279 cm³/mol. The first-order valence-electron chi connectivity index (χ1n) is 22.5. The van der Waals surface area contributed by atoms with Crippen LogP contribution in [0.3, 0.4) is 0 Å². The van der Waals surface area contributed by atoms with Crippen LogP contribution < -0.4 is 4.90 Å². The Balaban J connectivity index is 0.980.